The SMILES string of the molecule is O=C(Nc1ccnn1C1CC1)c1cc2c([nH]1)CCCC2. The molecule has 0 aliphatic heterocycles. The molecule has 1 fully saturated rings. The van der Waals surface area contributed by atoms with Gasteiger partial charge < -0.3 is 10.3 Å². The van der Waals surface area contributed by atoms with Gasteiger partial charge in [-0.2, -0.15) is 5.10 Å². The van der Waals surface area contributed by atoms with Crippen LogP contribution < -0.4 is 5.32 Å². The molecule has 0 radical (unpaired) electrons. The number of fused-ring (bicyclic) bond motifs is 1. The fraction of sp³-hybridized carbons (Fsp3) is 0.467. The van der Waals surface area contributed by atoms with Crippen molar-refractivity contribution in [3.05, 3.63) is 35.3 Å². The highest BCUT2D eigenvalue weighted by molar-refractivity contribution is 6.02. The number of aryl methyl sites for hydroxylation is 2. The number of anilines is 1. The van der Waals surface area contributed by atoms with Crippen LogP contribution >= 0.6 is 0 Å². The fourth-order valence-electron chi connectivity index (χ4n) is 2.93. The maximum Gasteiger partial charge on any atom is 0.273 e. The highest BCUT2D eigenvalue weighted by Crippen LogP contribution is 2.36. The van der Waals surface area contributed by atoms with Crippen LogP contribution in [0.15, 0.2) is 18.3 Å². The number of carbonyl (C=O) groups is 1. The molecule has 0 saturated heterocycles. The molecule has 2 aromatic rings. The van der Waals surface area contributed by atoms with Crippen molar-refractivity contribution in [2.45, 2.75) is 44.6 Å². The Hall–Kier alpha value is -2.04. The molecule has 20 heavy (non-hydrogen) atoms. The Balaban J connectivity index is 1.54. The first-order valence-corrected chi connectivity index (χ1v) is 7.37. The third-order valence-corrected chi connectivity index (χ3v) is 4.16. The smallest absolute Gasteiger partial charge is 0.273 e. The number of aromatic nitrogens is 3. The van der Waals surface area contributed by atoms with Crippen molar-refractivity contribution >= 4 is 11.7 Å². The molecule has 0 atom stereocenters. The van der Waals surface area contributed by atoms with Gasteiger partial charge in [0.05, 0.1) is 12.2 Å². The predicted molar refractivity (Wildman–Crippen MR) is 75.9 cm³/mol. The minimum atomic E-state index is -0.0678. The van der Waals surface area contributed by atoms with Gasteiger partial charge in [0.2, 0.25) is 0 Å². The van der Waals surface area contributed by atoms with Crippen molar-refractivity contribution in [3.63, 3.8) is 0 Å². The highest BCUT2D eigenvalue weighted by atomic mass is 16.2. The van der Waals surface area contributed by atoms with Gasteiger partial charge in [0, 0.05) is 11.8 Å². The van der Waals surface area contributed by atoms with Crippen LogP contribution in [-0.4, -0.2) is 20.7 Å². The molecule has 1 saturated carbocycles. The third kappa shape index (κ3) is 2.03. The summed E-state index contributed by atoms with van der Waals surface area (Å²) < 4.78 is 1.92. The van der Waals surface area contributed by atoms with E-state index < -0.39 is 0 Å². The van der Waals surface area contributed by atoms with Gasteiger partial charge in [0.15, 0.2) is 0 Å². The van der Waals surface area contributed by atoms with Crippen LogP contribution in [0.25, 0.3) is 0 Å². The number of carbonyl (C=O) groups excluding carboxylic acids is 1. The van der Waals surface area contributed by atoms with Gasteiger partial charge in [-0.05, 0) is 50.2 Å². The van der Waals surface area contributed by atoms with Crippen molar-refractivity contribution in [2.75, 3.05) is 5.32 Å². The van der Waals surface area contributed by atoms with E-state index in [1.54, 1.807) is 6.20 Å². The molecule has 2 heterocycles. The summed E-state index contributed by atoms with van der Waals surface area (Å²) in [7, 11) is 0. The molecule has 0 bridgehead atoms. The van der Waals surface area contributed by atoms with E-state index >= 15 is 0 Å². The number of nitrogens with one attached hydrogen (secondary N) is 2. The quantitative estimate of drug-likeness (QED) is 0.900. The van der Waals surface area contributed by atoms with E-state index in [0.29, 0.717) is 11.7 Å². The van der Waals surface area contributed by atoms with E-state index in [-0.39, 0.29) is 5.91 Å². The van der Waals surface area contributed by atoms with Crippen molar-refractivity contribution in [3.8, 4) is 0 Å². The second kappa shape index (κ2) is 4.51. The van der Waals surface area contributed by atoms with Crippen LogP contribution in [0.1, 0.15) is 53.5 Å². The van der Waals surface area contributed by atoms with E-state index in [1.165, 1.54) is 24.1 Å². The van der Waals surface area contributed by atoms with Gasteiger partial charge in [0.1, 0.15) is 11.5 Å². The Labute approximate surface area is 117 Å². The Kier molecular flexibility index (Phi) is 2.65. The molecule has 2 N–H and O–H groups in total. The average Bonchev–Trinajstić information content (AvgIpc) is 3.04. The van der Waals surface area contributed by atoms with Crippen molar-refractivity contribution in [2.24, 2.45) is 0 Å². The topological polar surface area (TPSA) is 62.7 Å². The Morgan fingerprint density at radius 2 is 2.20 bits per heavy atom. The second-order valence-electron chi connectivity index (χ2n) is 5.74. The Morgan fingerprint density at radius 1 is 1.35 bits per heavy atom. The first-order valence-electron chi connectivity index (χ1n) is 7.37. The largest absolute Gasteiger partial charge is 0.354 e. The number of H-pyrrole nitrogens is 1. The summed E-state index contributed by atoms with van der Waals surface area (Å²) in [4.78, 5) is 15.6. The molecule has 1 amide bonds. The molecular formula is C15H18N4O. The van der Waals surface area contributed by atoms with Crippen LogP contribution in [0.2, 0.25) is 0 Å². The Bertz CT molecular complexity index is 627. The summed E-state index contributed by atoms with van der Waals surface area (Å²) in [6, 6.07) is 4.33. The van der Waals surface area contributed by atoms with Crippen LogP contribution in [0.5, 0.6) is 0 Å². The monoisotopic (exact) mass is 270 g/mol. The van der Waals surface area contributed by atoms with Gasteiger partial charge in [0.25, 0.3) is 5.91 Å². The minimum Gasteiger partial charge on any atom is -0.354 e. The van der Waals surface area contributed by atoms with Crippen molar-refractivity contribution < 1.29 is 4.79 Å². The zero-order valence-corrected chi connectivity index (χ0v) is 11.4. The lowest BCUT2D eigenvalue weighted by Gasteiger charge is -2.09. The molecule has 2 aliphatic rings. The van der Waals surface area contributed by atoms with Crippen LogP contribution in [-0.2, 0) is 12.8 Å². The number of rotatable bonds is 3. The summed E-state index contributed by atoms with van der Waals surface area (Å²) in [6.07, 6.45) is 8.63. The van der Waals surface area contributed by atoms with Crippen LogP contribution in [0.4, 0.5) is 5.82 Å². The molecule has 0 spiro atoms. The van der Waals surface area contributed by atoms with E-state index in [9.17, 15) is 4.79 Å². The standard InChI is InChI=1S/C15H18N4O/c20-15(13-9-10-3-1-2-4-12(10)17-13)18-14-7-8-16-19(14)11-5-6-11/h7-9,11,17H,1-6H2,(H,18,20). The summed E-state index contributed by atoms with van der Waals surface area (Å²) >= 11 is 0. The Morgan fingerprint density at radius 3 is 3.00 bits per heavy atom. The molecular weight excluding hydrogens is 252 g/mol. The number of hydrogen-bond donors (Lipinski definition) is 2. The first kappa shape index (κ1) is 11.8. The lowest BCUT2D eigenvalue weighted by molar-refractivity contribution is 0.102. The van der Waals surface area contributed by atoms with Gasteiger partial charge in [-0.15, -0.1) is 0 Å². The molecule has 104 valence electrons. The second-order valence-corrected chi connectivity index (χ2v) is 5.74. The van der Waals surface area contributed by atoms with Crippen molar-refractivity contribution in [1.82, 2.24) is 14.8 Å². The lowest BCUT2D eigenvalue weighted by atomic mass is 9.98. The lowest BCUT2D eigenvalue weighted by Crippen LogP contribution is -2.15. The molecule has 2 aliphatic carbocycles. The normalized spacial score (nSPS) is 17.8. The van der Waals surface area contributed by atoms with Gasteiger partial charge in [-0.1, -0.05) is 0 Å². The summed E-state index contributed by atoms with van der Waals surface area (Å²) in [6.45, 7) is 0. The van der Waals surface area contributed by atoms with Gasteiger partial charge in [-0.25, -0.2) is 4.68 Å². The predicted octanol–water partition coefficient (Wildman–Crippen LogP) is 2.68. The minimum absolute atomic E-state index is 0.0678. The van der Waals surface area contributed by atoms with Gasteiger partial charge >= 0.3 is 0 Å². The zero-order chi connectivity index (χ0) is 13.5. The first-order chi connectivity index (χ1) is 9.81. The molecule has 0 unspecified atom stereocenters. The summed E-state index contributed by atoms with van der Waals surface area (Å²) in [5.74, 6) is 0.729. The van der Waals surface area contributed by atoms with E-state index in [4.69, 9.17) is 0 Å². The number of amides is 1. The van der Waals surface area contributed by atoms with Crippen LogP contribution in [0, 0.1) is 0 Å². The van der Waals surface area contributed by atoms with Crippen LogP contribution in [0.3, 0.4) is 0 Å². The summed E-state index contributed by atoms with van der Waals surface area (Å²) in [5, 5.41) is 7.25. The summed E-state index contributed by atoms with van der Waals surface area (Å²) in [5.41, 5.74) is 3.20. The van der Waals surface area contributed by atoms with Crippen molar-refractivity contribution in [1.29, 1.82) is 0 Å². The number of aromatic amines is 1. The fourth-order valence-corrected chi connectivity index (χ4v) is 2.93. The van der Waals surface area contributed by atoms with Gasteiger partial charge in [-0.3, -0.25) is 4.79 Å². The van der Waals surface area contributed by atoms with E-state index in [1.807, 2.05) is 16.8 Å². The molecule has 2 aromatic heterocycles. The number of nitrogens with zero attached hydrogens (tertiary/aromatic N) is 2. The molecule has 0 aromatic carbocycles. The maximum atomic E-state index is 12.3. The maximum absolute atomic E-state index is 12.3. The molecule has 5 heteroatoms. The van der Waals surface area contributed by atoms with E-state index in [2.05, 4.69) is 15.4 Å². The molecule has 4 rings (SSSR count). The molecule has 5 nitrogen and oxygen atoms in total. The zero-order valence-electron chi connectivity index (χ0n) is 11.4. The highest BCUT2D eigenvalue weighted by Gasteiger charge is 2.27. The van der Waals surface area contributed by atoms with E-state index in [0.717, 1.165) is 31.5 Å². The third-order valence-electron chi connectivity index (χ3n) is 4.16. The average molecular weight is 270 g/mol. The number of hydrogen-bond acceptors (Lipinski definition) is 2.